The summed E-state index contributed by atoms with van der Waals surface area (Å²) >= 11 is 7.93. The van der Waals surface area contributed by atoms with Crippen molar-refractivity contribution in [2.24, 2.45) is 5.41 Å². The number of carbonyl (C=O) groups excluding carboxylic acids is 1. The van der Waals surface area contributed by atoms with Gasteiger partial charge in [-0.25, -0.2) is 13.1 Å². The number of anilines is 2. The molecule has 0 bridgehead atoms. The minimum Gasteiger partial charge on any atom is -0.395 e. The summed E-state index contributed by atoms with van der Waals surface area (Å²) in [5.74, 6) is -0.221. The van der Waals surface area contributed by atoms with Gasteiger partial charge in [0.2, 0.25) is 0 Å². The third-order valence-electron chi connectivity index (χ3n) is 14.3. The maximum Gasteiger partial charge on any atom is 0.293 e. The number of carbonyl (C=O) groups is 1. The molecule has 1 aliphatic carbocycles. The van der Waals surface area contributed by atoms with Gasteiger partial charge in [-0.3, -0.25) is 24.7 Å². The molecule has 8 rings (SSSR count). The maximum atomic E-state index is 13.6. The molecule has 3 atom stereocenters. The van der Waals surface area contributed by atoms with Gasteiger partial charge in [0, 0.05) is 117 Å². The van der Waals surface area contributed by atoms with Crippen LogP contribution in [0.2, 0.25) is 5.02 Å². The van der Waals surface area contributed by atoms with Crippen molar-refractivity contribution in [3.63, 3.8) is 0 Å². The number of benzene rings is 4. The lowest BCUT2D eigenvalue weighted by Crippen LogP contribution is -2.49. The van der Waals surface area contributed by atoms with E-state index in [1.807, 2.05) is 54.6 Å². The molecule has 0 saturated carbocycles. The largest absolute Gasteiger partial charge is 0.395 e. The smallest absolute Gasteiger partial charge is 0.293 e. The van der Waals surface area contributed by atoms with Gasteiger partial charge in [0.15, 0.2) is 0 Å². The number of nitro groups is 1. The van der Waals surface area contributed by atoms with Crippen LogP contribution in [0.25, 0.3) is 5.57 Å². The van der Waals surface area contributed by atoms with Gasteiger partial charge in [0.1, 0.15) is 5.69 Å². The van der Waals surface area contributed by atoms with Gasteiger partial charge in [0.05, 0.1) is 16.4 Å². The van der Waals surface area contributed by atoms with E-state index in [9.17, 15) is 28.4 Å². The summed E-state index contributed by atoms with van der Waals surface area (Å²) in [4.78, 5) is 35.7. The normalized spacial score (nSPS) is 21.2. The van der Waals surface area contributed by atoms with Crippen molar-refractivity contribution in [1.29, 1.82) is 0 Å². The minimum atomic E-state index is -4.47. The Balaban J connectivity index is 0.00000722. The van der Waals surface area contributed by atoms with E-state index in [0.717, 1.165) is 132 Å². The molecular weight excluding hydrogens is 968 g/mol. The number of hydrogen-bond donors (Lipinski definition) is 4. The van der Waals surface area contributed by atoms with Crippen LogP contribution in [0.1, 0.15) is 67.8 Å². The van der Waals surface area contributed by atoms with Gasteiger partial charge in [-0.1, -0.05) is 60.9 Å². The van der Waals surface area contributed by atoms with Crippen LogP contribution in [0.15, 0.2) is 112 Å². The highest BCUT2D eigenvalue weighted by Gasteiger charge is 2.35. The molecule has 4 aliphatic rings. The van der Waals surface area contributed by atoms with E-state index in [1.54, 1.807) is 23.9 Å². The van der Waals surface area contributed by atoms with Crippen LogP contribution in [-0.4, -0.2) is 142 Å². The first-order chi connectivity index (χ1) is 33.3. The van der Waals surface area contributed by atoms with Crippen molar-refractivity contribution in [1.82, 2.24) is 24.7 Å². The fraction of sp³-hybridized carbons (Fsp3) is 0.481. The van der Waals surface area contributed by atoms with E-state index in [1.165, 1.54) is 28.8 Å². The fourth-order valence-electron chi connectivity index (χ4n) is 10.5. The Hall–Kier alpha value is -4.23. The van der Waals surface area contributed by atoms with Crippen molar-refractivity contribution in [3.8, 4) is 0 Å². The number of nitro benzene ring substituents is 1. The first-order valence-corrected chi connectivity index (χ1v) is 27.3. The van der Waals surface area contributed by atoms with E-state index in [2.05, 4.69) is 54.0 Å². The van der Waals surface area contributed by atoms with Gasteiger partial charge < -0.3 is 25.5 Å². The predicted octanol–water partition coefficient (Wildman–Crippen LogP) is 8.27. The zero-order chi connectivity index (χ0) is 48.4. The standard InChI is InChI=1S/C52H67ClN8O6S2.ClH/c1-52(38-58-27-23-54-24-28-58)22-20-48(39-10-14-42(53)15-11-39)41(34-52)35-57-29-31-60(32-30-57)44-16-12-40(13-17-44)51(63)56-69(66,67)47-18-19-49(50(33-47)61(64)65)55-43(37-68-46-8-3-2-4-9-46)21-26-59-25-6-5-7-45(59)36-62;/h2-4,8-19,33,43,45,54-55,62H,5-7,20-32,34-38H2,1H3,(H,56,63);1H/t43-,45?,52?;/m1./s1. The Labute approximate surface area is 429 Å². The Kier molecular flexibility index (Phi) is 19.1. The number of likely N-dealkylation sites (tertiary alicyclic amines) is 1. The van der Waals surface area contributed by atoms with E-state index in [0.29, 0.717) is 18.7 Å². The lowest BCUT2D eigenvalue weighted by molar-refractivity contribution is -0.384. The topological polar surface area (TPSA) is 164 Å². The van der Waals surface area contributed by atoms with E-state index in [4.69, 9.17) is 11.6 Å². The van der Waals surface area contributed by atoms with Crippen LogP contribution in [0.4, 0.5) is 17.1 Å². The van der Waals surface area contributed by atoms with E-state index >= 15 is 0 Å². The lowest BCUT2D eigenvalue weighted by atomic mass is 9.71. The number of thioether (sulfide) groups is 1. The zero-order valence-corrected chi connectivity index (χ0v) is 43.3. The van der Waals surface area contributed by atoms with Crippen LogP contribution >= 0.6 is 35.8 Å². The second-order valence-electron chi connectivity index (χ2n) is 19.4. The van der Waals surface area contributed by atoms with Crippen LogP contribution < -0.4 is 20.3 Å². The number of aliphatic hydroxyl groups excluding tert-OH is 1. The fourth-order valence-corrected chi connectivity index (χ4v) is 12.6. The molecular formula is C52H68Cl2N8O6S2. The molecule has 2 unspecified atom stereocenters. The number of aliphatic hydroxyl groups is 1. The first kappa shape index (κ1) is 53.6. The molecule has 0 radical (unpaired) electrons. The highest BCUT2D eigenvalue weighted by molar-refractivity contribution is 7.99. The number of amides is 1. The third kappa shape index (κ3) is 14.3. The molecule has 3 saturated heterocycles. The summed E-state index contributed by atoms with van der Waals surface area (Å²) in [6.45, 7) is 13.8. The molecule has 3 fully saturated rings. The highest BCUT2D eigenvalue weighted by atomic mass is 35.5. The van der Waals surface area contributed by atoms with Crippen LogP contribution in [-0.2, 0) is 10.0 Å². The van der Waals surface area contributed by atoms with Gasteiger partial charge in [-0.15, -0.1) is 24.2 Å². The minimum absolute atomic E-state index is 0. The number of halogens is 2. The molecule has 70 heavy (non-hydrogen) atoms. The molecule has 18 heteroatoms. The Morgan fingerprint density at radius 2 is 1.67 bits per heavy atom. The molecule has 1 amide bonds. The third-order valence-corrected chi connectivity index (χ3v) is 17.1. The molecule has 4 N–H and O–H groups in total. The molecule has 0 spiro atoms. The van der Waals surface area contributed by atoms with Gasteiger partial charge in [-0.05, 0) is 122 Å². The monoisotopic (exact) mass is 1030 g/mol. The average molecular weight is 1040 g/mol. The van der Waals surface area contributed by atoms with Crippen LogP contribution in [0.5, 0.6) is 0 Å². The number of allylic oxidation sites excluding steroid dienone is 1. The highest BCUT2D eigenvalue weighted by Crippen LogP contribution is 2.44. The Morgan fingerprint density at radius 1 is 0.943 bits per heavy atom. The van der Waals surface area contributed by atoms with Crippen molar-refractivity contribution < 1.29 is 23.2 Å². The second-order valence-corrected chi connectivity index (χ2v) is 22.6. The van der Waals surface area contributed by atoms with Crippen molar-refractivity contribution in [2.45, 2.75) is 73.7 Å². The number of piperidine rings is 1. The molecule has 3 aliphatic heterocycles. The summed E-state index contributed by atoms with van der Waals surface area (Å²) in [5, 5.41) is 30.0. The van der Waals surface area contributed by atoms with Gasteiger partial charge in [-0.2, -0.15) is 0 Å². The van der Waals surface area contributed by atoms with Gasteiger partial charge >= 0.3 is 0 Å². The van der Waals surface area contributed by atoms with Crippen LogP contribution in [0, 0.1) is 15.5 Å². The van der Waals surface area contributed by atoms with E-state index < -0.39 is 26.5 Å². The second kappa shape index (κ2) is 24.9. The number of hydrogen-bond acceptors (Lipinski definition) is 13. The zero-order valence-electron chi connectivity index (χ0n) is 40.1. The quantitative estimate of drug-likeness (QED) is 0.0404. The molecule has 14 nitrogen and oxygen atoms in total. The summed E-state index contributed by atoms with van der Waals surface area (Å²) in [6.07, 6.45) is 6.98. The van der Waals surface area contributed by atoms with Crippen molar-refractivity contribution in [3.05, 3.63) is 129 Å². The molecule has 0 aromatic heterocycles. The predicted molar refractivity (Wildman–Crippen MR) is 285 cm³/mol. The summed E-state index contributed by atoms with van der Waals surface area (Å²) in [6, 6.07) is 28.7. The molecule has 378 valence electrons. The summed E-state index contributed by atoms with van der Waals surface area (Å²) in [5.41, 5.74) is 5.33. The van der Waals surface area contributed by atoms with E-state index in [-0.39, 0.29) is 52.7 Å². The molecule has 4 aromatic rings. The van der Waals surface area contributed by atoms with Crippen molar-refractivity contribution >= 4 is 74.3 Å². The molecule has 4 aromatic carbocycles. The summed E-state index contributed by atoms with van der Waals surface area (Å²) < 4.78 is 29.4. The number of rotatable bonds is 19. The summed E-state index contributed by atoms with van der Waals surface area (Å²) in [7, 11) is -4.47. The lowest BCUT2D eigenvalue weighted by Gasteiger charge is -2.43. The molecule has 3 heterocycles. The Morgan fingerprint density at radius 3 is 2.37 bits per heavy atom. The number of sulfonamides is 1. The Bertz CT molecular complexity index is 2510. The van der Waals surface area contributed by atoms with Crippen LogP contribution in [0.3, 0.4) is 0 Å². The van der Waals surface area contributed by atoms with Gasteiger partial charge in [0.25, 0.3) is 21.6 Å². The maximum absolute atomic E-state index is 13.6. The number of nitrogens with one attached hydrogen (secondary N) is 3. The average Bonchev–Trinajstić information content (AvgIpc) is 3.36. The SMILES string of the molecule is CC1(CN2CCNCC2)CCC(c2ccc(Cl)cc2)=C(CN2CCN(c3ccc(C(=O)NS(=O)(=O)c4ccc(N[C@H](CCN5CCCCC5CO)CSc5ccccc5)c([N+](=O)[O-])c4)cc3)CC2)C1.Cl. The van der Waals surface area contributed by atoms with Crippen molar-refractivity contribution in [2.75, 3.05) is 101 Å². The number of nitrogens with zero attached hydrogens (tertiary/aromatic N) is 5. The number of piperazine rings is 2. The first-order valence-electron chi connectivity index (χ1n) is 24.5.